The number of hydrogen-bond donors (Lipinski definition) is 0. The highest BCUT2D eigenvalue weighted by Gasteiger charge is 1.98. The molecule has 1 aliphatic rings. The zero-order valence-electron chi connectivity index (χ0n) is 5.52. The Morgan fingerprint density at radius 3 is 2.75 bits per heavy atom. The number of hydrogen-bond acceptors (Lipinski definition) is 0. The molecule has 8 heavy (non-hydrogen) atoms. The molecule has 0 aromatic heterocycles. The molecule has 0 fully saturated rings. The molecule has 0 aliphatic heterocycles. The van der Waals surface area contributed by atoms with E-state index < -0.39 is 0 Å². The molecular weight excluding hydrogens is 96.1 g/mol. The van der Waals surface area contributed by atoms with Crippen LogP contribution >= 0.6 is 0 Å². The Hall–Kier alpha value is -0.520. The highest BCUT2D eigenvalue weighted by atomic mass is 14.0. The van der Waals surface area contributed by atoms with E-state index >= 15 is 0 Å². The minimum atomic E-state index is 0.764. The van der Waals surface area contributed by atoms with Crippen molar-refractivity contribution in [2.45, 2.75) is 20.3 Å². The van der Waals surface area contributed by atoms with Crippen molar-refractivity contribution < 1.29 is 0 Å². The standard InChI is InChI=1S/C8H12/c1-7-4-3-5-8(2)6-7/h3-4,6,8H,5H2,1-2H3/t8-/m0/s1. The largest absolute Gasteiger partial charge is 0.0837 e. The van der Waals surface area contributed by atoms with Gasteiger partial charge in [0.05, 0.1) is 0 Å². The van der Waals surface area contributed by atoms with Crippen LogP contribution in [0.25, 0.3) is 0 Å². The lowest BCUT2D eigenvalue weighted by molar-refractivity contribution is 0.729. The van der Waals surface area contributed by atoms with E-state index in [1.165, 1.54) is 12.0 Å². The predicted octanol–water partition coefficient (Wildman–Crippen LogP) is 2.53. The van der Waals surface area contributed by atoms with E-state index in [4.69, 9.17) is 0 Å². The van der Waals surface area contributed by atoms with E-state index in [0.717, 1.165) is 5.92 Å². The van der Waals surface area contributed by atoms with Crippen molar-refractivity contribution >= 4 is 0 Å². The summed E-state index contributed by atoms with van der Waals surface area (Å²) in [6, 6.07) is 0. The lowest BCUT2D eigenvalue weighted by atomic mass is 9.99. The fourth-order valence-corrected chi connectivity index (χ4v) is 1.04. The lowest BCUT2D eigenvalue weighted by Crippen LogP contribution is -1.91. The molecule has 0 heterocycles. The fraction of sp³-hybridized carbons (Fsp3) is 0.500. The SMILES string of the molecule is CC1=C[C@@H](C)CC=C1. The van der Waals surface area contributed by atoms with Gasteiger partial charge in [-0.25, -0.2) is 0 Å². The second-order valence-corrected chi connectivity index (χ2v) is 2.53. The molecule has 0 spiro atoms. The third kappa shape index (κ3) is 1.22. The minimum absolute atomic E-state index is 0.764. The molecule has 0 aromatic carbocycles. The van der Waals surface area contributed by atoms with Crippen LogP contribution in [0.1, 0.15) is 20.3 Å². The van der Waals surface area contributed by atoms with Gasteiger partial charge in [-0.2, -0.15) is 0 Å². The molecule has 0 saturated heterocycles. The highest BCUT2D eigenvalue weighted by Crippen LogP contribution is 2.14. The normalized spacial score (nSPS) is 27.8. The van der Waals surface area contributed by atoms with Gasteiger partial charge >= 0.3 is 0 Å². The first-order chi connectivity index (χ1) is 3.79. The van der Waals surface area contributed by atoms with Crippen LogP contribution in [0, 0.1) is 5.92 Å². The van der Waals surface area contributed by atoms with Crippen LogP contribution in [-0.2, 0) is 0 Å². The molecule has 0 unspecified atom stereocenters. The maximum absolute atomic E-state index is 2.31. The van der Waals surface area contributed by atoms with Gasteiger partial charge in [0.15, 0.2) is 0 Å². The van der Waals surface area contributed by atoms with Crippen molar-refractivity contribution in [3.05, 3.63) is 23.8 Å². The summed E-state index contributed by atoms with van der Waals surface area (Å²) in [6.45, 7) is 4.39. The van der Waals surface area contributed by atoms with Crippen LogP contribution in [0.2, 0.25) is 0 Å². The van der Waals surface area contributed by atoms with E-state index in [9.17, 15) is 0 Å². The maximum Gasteiger partial charge on any atom is -0.0222 e. The molecule has 0 bridgehead atoms. The molecule has 0 amide bonds. The Morgan fingerprint density at radius 1 is 1.62 bits per heavy atom. The monoisotopic (exact) mass is 108 g/mol. The first kappa shape index (κ1) is 5.61. The van der Waals surface area contributed by atoms with Gasteiger partial charge in [-0.15, -0.1) is 0 Å². The van der Waals surface area contributed by atoms with Crippen LogP contribution in [-0.4, -0.2) is 0 Å². The topological polar surface area (TPSA) is 0 Å². The van der Waals surface area contributed by atoms with Crippen molar-refractivity contribution in [1.82, 2.24) is 0 Å². The first-order valence-corrected chi connectivity index (χ1v) is 3.14. The first-order valence-electron chi connectivity index (χ1n) is 3.14. The fourth-order valence-electron chi connectivity index (χ4n) is 1.04. The Morgan fingerprint density at radius 2 is 2.38 bits per heavy atom. The molecule has 44 valence electrons. The van der Waals surface area contributed by atoms with E-state index in [1.807, 2.05) is 0 Å². The van der Waals surface area contributed by atoms with Crippen LogP contribution in [0.3, 0.4) is 0 Å². The molecule has 0 aromatic rings. The third-order valence-electron chi connectivity index (χ3n) is 1.44. The van der Waals surface area contributed by atoms with Crippen molar-refractivity contribution in [3.63, 3.8) is 0 Å². The molecular formula is C8H12. The Balaban J connectivity index is 2.63. The molecule has 0 N–H and O–H groups in total. The lowest BCUT2D eigenvalue weighted by Gasteiger charge is -2.07. The quantitative estimate of drug-likeness (QED) is 0.447. The van der Waals surface area contributed by atoms with Crippen LogP contribution < -0.4 is 0 Å². The van der Waals surface area contributed by atoms with Crippen molar-refractivity contribution in [2.24, 2.45) is 5.92 Å². The van der Waals surface area contributed by atoms with Crippen LogP contribution in [0.4, 0.5) is 0 Å². The second-order valence-electron chi connectivity index (χ2n) is 2.53. The van der Waals surface area contributed by atoms with E-state index in [-0.39, 0.29) is 0 Å². The van der Waals surface area contributed by atoms with Crippen molar-refractivity contribution in [3.8, 4) is 0 Å². The summed E-state index contributed by atoms with van der Waals surface area (Å²) in [6.07, 6.45) is 7.94. The highest BCUT2D eigenvalue weighted by molar-refractivity contribution is 5.20. The van der Waals surface area contributed by atoms with E-state index in [0.29, 0.717) is 0 Å². The zero-order valence-corrected chi connectivity index (χ0v) is 5.52. The summed E-state index contributed by atoms with van der Waals surface area (Å²) < 4.78 is 0. The van der Waals surface area contributed by atoms with E-state index in [2.05, 4.69) is 32.1 Å². The summed E-state index contributed by atoms with van der Waals surface area (Å²) in [5.74, 6) is 0.764. The number of rotatable bonds is 0. The molecule has 0 saturated carbocycles. The Kier molecular flexibility index (Phi) is 1.52. The van der Waals surface area contributed by atoms with Crippen LogP contribution in [0.15, 0.2) is 23.8 Å². The zero-order chi connectivity index (χ0) is 5.98. The summed E-state index contributed by atoms with van der Waals surface area (Å²) in [4.78, 5) is 0. The summed E-state index contributed by atoms with van der Waals surface area (Å²) in [5, 5.41) is 0. The smallest absolute Gasteiger partial charge is 0.0222 e. The summed E-state index contributed by atoms with van der Waals surface area (Å²) in [7, 11) is 0. The van der Waals surface area contributed by atoms with Gasteiger partial charge < -0.3 is 0 Å². The molecule has 0 nitrogen and oxygen atoms in total. The van der Waals surface area contributed by atoms with Crippen molar-refractivity contribution in [1.29, 1.82) is 0 Å². The van der Waals surface area contributed by atoms with Gasteiger partial charge in [0.2, 0.25) is 0 Å². The Labute approximate surface area is 50.9 Å². The average Bonchev–Trinajstić information content (AvgIpc) is 1.64. The van der Waals surface area contributed by atoms with Crippen molar-refractivity contribution in [2.75, 3.05) is 0 Å². The van der Waals surface area contributed by atoms with Gasteiger partial charge in [-0.05, 0) is 19.3 Å². The summed E-state index contributed by atoms with van der Waals surface area (Å²) in [5.41, 5.74) is 1.41. The van der Waals surface area contributed by atoms with Gasteiger partial charge in [0.25, 0.3) is 0 Å². The van der Waals surface area contributed by atoms with Gasteiger partial charge in [0, 0.05) is 0 Å². The molecule has 1 aliphatic carbocycles. The van der Waals surface area contributed by atoms with Gasteiger partial charge in [-0.1, -0.05) is 30.7 Å². The maximum atomic E-state index is 2.31. The second kappa shape index (κ2) is 2.17. The van der Waals surface area contributed by atoms with E-state index in [1.54, 1.807) is 0 Å². The van der Waals surface area contributed by atoms with Gasteiger partial charge in [-0.3, -0.25) is 0 Å². The molecule has 1 rings (SSSR count). The minimum Gasteiger partial charge on any atom is -0.0837 e. The predicted molar refractivity (Wildman–Crippen MR) is 36.7 cm³/mol. The summed E-state index contributed by atoms with van der Waals surface area (Å²) >= 11 is 0. The molecule has 0 radical (unpaired) electrons. The van der Waals surface area contributed by atoms with Gasteiger partial charge in [0.1, 0.15) is 0 Å². The molecule has 0 heteroatoms. The number of allylic oxidation sites excluding steroid dienone is 4. The molecule has 1 atom stereocenters. The average molecular weight is 108 g/mol. The van der Waals surface area contributed by atoms with Crippen LogP contribution in [0.5, 0.6) is 0 Å². The Bertz CT molecular complexity index is 129. The third-order valence-corrected chi connectivity index (χ3v) is 1.44.